The highest BCUT2D eigenvalue weighted by Crippen LogP contribution is 2.43. The summed E-state index contributed by atoms with van der Waals surface area (Å²) in [5, 5.41) is 0. The quantitative estimate of drug-likeness (QED) is 0.232. The highest BCUT2D eigenvalue weighted by atomic mass is 32.2. The lowest BCUT2D eigenvalue weighted by Gasteiger charge is -2.38. The first kappa shape index (κ1) is 30.6. The Morgan fingerprint density at radius 2 is 1.81 bits per heavy atom. The number of rotatable bonds is 9. The Labute approximate surface area is 253 Å². The van der Waals surface area contributed by atoms with Gasteiger partial charge in [-0.05, 0) is 84.2 Å². The van der Waals surface area contributed by atoms with Crippen LogP contribution in [-0.4, -0.2) is 23.9 Å². The molecule has 1 aromatic heterocycles. The minimum absolute atomic E-state index is 0.105. The number of sulfonamides is 1. The zero-order chi connectivity index (χ0) is 30.9. The molecule has 9 heteroatoms. The fourth-order valence-corrected chi connectivity index (χ4v) is 7.06. The van der Waals surface area contributed by atoms with Crippen LogP contribution >= 0.6 is 0 Å². The molecule has 0 bridgehead atoms. The van der Waals surface area contributed by atoms with E-state index in [0.29, 0.717) is 12.1 Å². The monoisotopic (exact) mass is 602 g/mol. The molecular weight excluding hydrogens is 563 g/mol. The van der Waals surface area contributed by atoms with E-state index < -0.39 is 16.1 Å². The molecule has 226 valence electrons. The van der Waals surface area contributed by atoms with Gasteiger partial charge in [0.25, 0.3) is 0 Å². The van der Waals surface area contributed by atoms with Gasteiger partial charge in [0, 0.05) is 37.6 Å². The first-order chi connectivity index (χ1) is 20.3. The molecule has 3 aromatic carbocycles. The second kappa shape index (κ2) is 12.1. The van der Waals surface area contributed by atoms with Gasteiger partial charge in [-0.1, -0.05) is 56.7 Å². The number of anilines is 1. The van der Waals surface area contributed by atoms with Gasteiger partial charge in [-0.3, -0.25) is 4.79 Å². The second-order valence-electron chi connectivity index (χ2n) is 12.3. The van der Waals surface area contributed by atoms with Crippen molar-refractivity contribution in [3.63, 3.8) is 0 Å². The molecule has 5 rings (SSSR count). The van der Waals surface area contributed by atoms with Crippen molar-refractivity contribution in [1.82, 2.24) is 14.3 Å². The fraction of sp³-hybridized carbons (Fsp3) is 0.353. The molecule has 1 heterocycles. The number of nitrogens with one attached hydrogen (secondary N) is 1. The second-order valence-corrected chi connectivity index (χ2v) is 14.0. The Kier molecular flexibility index (Phi) is 8.58. The Balaban J connectivity index is 1.50. The van der Waals surface area contributed by atoms with E-state index in [2.05, 4.69) is 23.6 Å². The average Bonchev–Trinajstić information content (AvgIpc) is 3.37. The van der Waals surface area contributed by atoms with E-state index in [0.717, 1.165) is 34.5 Å². The van der Waals surface area contributed by atoms with Gasteiger partial charge in [0.2, 0.25) is 15.9 Å². The maximum atomic E-state index is 14.0. The highest BCUT2D eigenvalue weighted by Gasteiger charge is 2.35. The molecule has 43 heavy (non-hydrogen) atoms. The van der Waals surface area contributed by atoms with Crippen LogP contribution in [0.2, 0.25) is 0 Å². The summed E-state index contributed by atoms with van der Waals surface area (Å²) >= 11 is 0. The van der Waals surface area contributed by atoms with Gasteiger partial charge in [-0.25, -0.2) is 22.5 Å². The van der Waals surface area contributed by atoms with Gasteiger partial charge in [0.1, 0.15) is 11.6 Å². The maximum absolute atomic E-state index is 14.0. The molecule has 4 aromatic rings. The molecule has 0 spiro atoms. The van der Waals surface area contributed by atoms with Gasteiger partial charge in [-0.15, -0.1) is 0 Å². The number of fused-ring (bicyclic) bond motifs is 1. The molecule has 0 radical (unpaired) electrons. The SMILES string of the molecule is Cc1ccc(S(=O)(=O)N[C@H]2CCC(C)(C)c3ccc(N(Cc4nccn4C)C(=O)C[C@@H](C)c4ccc(F)cc4)cc32)cc1. The summed E-state index contributed by atoms with van der Waals surface area (Å²) in [6.45, 7) is 8.45. The minimum atomic E-state index is -3.77. The van der Waals surface area contributed by atoms with Crippen molar-refractivity contribution in [3.8, 4) is 0 Å². The van der Waals surface area contributed by atoms with Gasteiger partial charge in [-0.2, -0.15) is 0 Å². The summed E-state index contributed by atoms with van der Waals surface area (Å²) in [6.07, 6.45) is 5.19. The summed E-state index contributed by atoms with van der Waals surface area (Å²) in [4.78, 5) is 20.4. The fourth-order valence-electron chi connectivity index (χ4n) is 5.81. The number of imidazole rings is 1. The molecule has 7 nitrogen and oxygen atoms in total. The Bertz CT molecular complexity index is 1710. The lowest BCUT2D eigenvalue weighted by molar-refractivity contribution is -0.119. The lowest BCUT2D eigenvalue weighted by atomic mass is 9.71. The van der Waals surface area contributed by atoms with E-state index in [-0.39, 0.29) is 40.9 Å². The number of carbonyl (C=O) groups excluding carboxylic acids is 1. The Morgan fingerprint density at radius 3 is 2.47 bits per heavy atom. The number of carbonyl (C=O) groups is 1. The number of hydrogen-bond acceptors (Lipinski definition) is 4. The van der Waals surface area contributed by atoms with Gasteiger partial charge in [0.05, 0.1) is 11.4 Å². The first-order valence-corrected chi connectivity index (χ1v) is 16.1. The summed E-state index contributed by atoms with van der Waals surface area (Å²) in [6, 6.07) is 18.5. The number of amides is 1. The van der Waals surface area contributed by atoms with Crippen molar-refractivity contribution in [1.29, 1.82) is 0 Å². The van der Waals surface area contributed by atoms with Crippen LogP contribution in [0.1, 0.15) is 80.1 Å². The van der Waals surface area contributed by atoms with Gasteiger partial charge < -0.3 is 9.47 Å². The van der Waals surface area contributed by atoms with Crippen LogP contribution in [-0.2, 0) is 33.8 Å². The largest absolute Gasteiger partial charge is 0.337 e. The number of benzene rings is 3. The molecule has 0 aliphatic heterocycles. The highest BCUT2D eigenvalue weighted by molar-refractivity contribution is 7.89. The van der Waals surface area contributed by atoms with Crippen LogP contribution in [0.3, 0.4) is 0 Å². The van der Waals surface area contributed by atoms with Crippen LogP contribution in [0.15, 0.2) is 84.0 Å². The number of hydrogen-bond donors (Lipinski definition) is 1. The van der Waals surface area contributed by atoms with Crippen LogP contribution < -0.4 is 9.62 Å². The van der Waals surface area contributed by atoms with Crippen molar-refractivity contribution in [2.75, 3.05) is 4.90 Å². The van der Waals surface area contributed by atoms with E-state index in [1.807, 2.05) is 49.9 Å². The molecule has 2 atom stereocenters. The molecule has 1 aliphatic rings. The smallest absolute Gasteiger partial charge is 0.241 e. The van der Waals surface area contributed by atoms with Crippen LogP contribution in [0.4, 0.5) is 10.1 Å². The van der Waals surface area contributed by atoms with Crippen LogP contribution in [0, 0.1) is 12.7 Å². The van der Waals surface area contributed by atoms with Crippen molar-refractivity contribution >= 4 is 21.6 Å². The minimum Gasteiger partial charge on any atom is -0.337 e. The zero-order valence-electron chi connectivity index (χ0n) is 25.3. The van der Waals surface area contributed by atoms with Crippen LogP contribution in [0.5, 0.6) is 0 Å². The third-order valence-electron chi connectivity index (χ3n) is 8.58. The molecule has 0 unspecified atom stereocenters. The molecule has 0 fully saturated rings. The van der Waals surface area contributed by atoms with E-state index in [1.54, 1.807) is 47.5 Å². The number of nitrogens with zero attached hydrogens (tertiary/aromatic N) is 3. The van der Waals surface area contributed by atoms with Gasteiger partial charge in [0.15, 0.2) is 0 Å². The predicted octanol–water partition coefficient (Wildman–Crippen LogP) is 6.69. The van der Waals surface area contributed by atoms with E-state index in [4.69, 9.17) is 0 Å². The van der Waals surface area contributed by atoms with Crippen molar-refractivity contribution in [2.45, 2.75) is 75.8 Å². The normalized spacial score (nSPS) is 16.8. The van der Waals surface area contributed by atoms with Crippen LogP contribution in [0.25, 0.3) is 0 Å². The maximum Gasteiger partial charge on any atom is 0.241 e. The standard InChI is InChI=1S/C34H39FN4O3S/c1-23-6-13-28(14-7-23)43(41,42)37-31-16-17-34(3,4)30-15-12-27(21-29(30)31)39(22-32-36-18-19-38(32)5)33(40)20-24(2)25-8-10-26(35)11-9-25/h6-15,18-19,21,24,31,37H,16-17,20,22H2,1-5H3/t24-,31+/m1/s1. The molecule has 1 N–H and O–H groups in total. The van der Waals surface area contributed by atoms with E-state index in [9.17, 15) is 17.6 Å². The summed E-state index contributed by atoms with van der Waals surface area (Å²) < 4.78 is 45.2. The van der Waals surface area contributed by atoms with Crippen molar-refractivity contribution in [2.24, 2.45) is 7.05 Å². The third-order valence-corrected chi connectivity index (χ3v) is 10.1. The first-order valence-electron chi connectivity index (χ1n) is 14.6. The Morgan fingerprint density at radius 1 is 1.12 bits per heavy atom. The number of aryl methyl sites for hydroxylation is 2. The number of halogens is 1. The zero-order valence-corrected chi connectivity index (χ0v) is 26.2. The molecule has 1 aliphatic carbocycles. The lowest BCUT2D eigenvalue weighted by Crippen LogP contribution is -2.37. The summed E-state index contributed by atoms with van der Waals surface area (Å²) in [5.41, 5.74) is 4.31. The predicted molar refractivity (Wildman–Crippen MR) is 167 cm³/mol. The molecular formula is C34H39FN4O3S. The van der Waals surface area contributed by atoms with Crippen molar-refractivity contribution in [3.05, 3.63) is 113 Å². The summed E-state index contributed by atoms with van der Waals surface area (Å²) in [5.74, 6) is 0.162. The van der Waals surface area contributed by atoms with E-state index >= 15 is 0 Å². The number of aromatic nitrogens is 2. The third kappa shape index (κ3) is 6.73. The van der Waals surface area contributed by atoms with Crippen molar-refractivity contribution < 1.29 is 17.6 Å². The molecule has 0 saturated carbocycles. The topological polar surface area (TPSA) is 84.3 Å². The summed E-state index contributed by atoms with van der Waals surface area (Å²) in [7, 11) is -1.89. The molecule has 0 saturated heterocycles. The average molecular weight is 603 g/mol. The Hall–Kier alpha value is -3.82. The van der Waals surface area contributed by atoms with E-state index in [1.165, 1.54) is 12.1 Å². The molecule has 1 amide bonds. The van der Waals surface area contributed by atoms with Gasteiger partial charge >= 0.3 is 0 Å².